The maximum atomic E-state index is 10.9. The van der Waals surface area contributed by atoms with Crippen LogP contribution in [0.4, 0.5) is 11.4 Å². The zero-order chi connectivity index (χ0) is 15.2. The maximum absolute atomic E-state index is 10.9. The standard InChI is InChI=1S/C14H12ClN3O2S/c1-21-13-9-10(7-8-12(13)18(19)20)14(15)17-16-11-5-3-2-4-6-11/h2-9,16H,1H3. The third-order valence-electron chi connectivity index (χ3n) is 2.67. The lowest BCUT2D eigenvalue weighted by Gasteiger charge is -2.04. The van der Waals surface area contributed by atoms with Gasteiger partial charge in [0.1, 0.15) is 0 Å². The summed E-state index contributed by atoms with van der Waals surface area (Å²) in [6.45, 7) is 0. The van der Waals surface area contributed by atoms with Crippen LogP contribution >= 0.6 is 23.4 Å². The molecule has 7 heteroatoms. The summed E-state index contributed by atoms with van der Waals surface area (Å²) in [6, 6.07) is 14.0. The lowest BCUT2D eigenvalue weighted by Crippen LogP contribution is -1.99. The molecule has 0 saturated heterocycles. The summed E-state index contributed by atoms with van der Waals surface area (Å²) >= 11 is 7.42. The Kier molecular flexibility index (Phi) is 5.19. The van der Waals surface area contributed by atoms with Gasteiger partial charge in [-0.3, -0.25) is 15.5 Å². The highest BCUT2D eigenvalue weighted by Gasteiger charge is 2.14. The van der Waals surface area contributed by atoms with Gasteiger partial charge in [0, 0.05) is 11.6 Å². The van der Waals surface area contributed by atoms with E-state index in [4.69, 9.17) is 11.6 Å². The molecule has 0 aliphatic carbocycles. The van der Waals surface area contributed by atoms with Crippen LogP contribution in [0.1, 0.15) is 5.56 Å². The average molecular weight is 322 g/mol. The highest BCUT2D eigenvalue weighted by molar-refractivity contribution is 7.98. The Morgan fingerprint density at radius 3 is 2.62 bits per heavy atom. The number of halogens is 1. The van der Waals surface area contributed by atoms with Gasteiger partial charge in [-0.25, -0.2) is 0 Å². The third-order valence-corrected chi connectivity index (χ3v) is 3.74. The van der Waals surface area contributed by atoms with Gasteiger partial charge in [-0.15, -0.1) is 11.8 Å². The van der Waals surface area contributed by atoms with Crippen LogP contribution < -0.4 is 5.43 Å². The van der Waals surface area contributed by atoms with Crippen molar-refractivity contribution in [3.05, 3.63) is 64.2 Å². The molecule has 2 rings (SSSR count). The second-order valence-electron chi connectivity index (χ2n) is 4.02. The van der Waals surface area contributed by atoms with Crippen molar-refractivity contribution in [3.63, 3.8) is 0 Å². The molecule has 0 amide bonds. The predicted molar refractivity (Wildman–Crippen MR) is 87.3 cm³/mol. The molecule has 0 aromatic heterocycles. The molecule has 0 bridgehead atoms. The van der Waals surface area contributed by atoms with Gasteiger partial charge >= 0.3 is 0 Å². The van der Waals surface area contributed by atoms with Crippen LogP contribution in [0, 0.1) is 10.1 Å². The van der Waals surface area contributed by atoms with Crippen LogP contribution in [-0.2, 0) is 0 Å². The topological polar surface area (TPSA) is 67.5 Å². The summed E-state index contributed by atoms with van der Waals surface area (Å²) in [5.74, 6) is 0. The Bertz CT molecular complexity index is 677. The van der Waals surface area contributed by atoms with Crippen molar-refractivity contribution >= 4 is 39.9 Å². The van der Waals surface area contributed by atoms with Crippen molar-refractivity contribution in [2.75, 3.05) is 11.7 Å². The van der Waals surface area contributed by atoms with Crippen molar-refractivity contribution in [3.8, 4) is 0 Å². The molecule has 5 nitrogen and oxygen atoms in total. The monoisotopic (exact) mass is 321 g/mol. The maximum Gasteiger partial charge on any atom is 0.282 e. The SMILES string of the molecule is CSc1cc(C(Cl)=NNc2ccccc2)ccc1[N+](=O)[O-]. The Labute approximate surface area is 131 Å². The summed E-state index contributed by atoms with van der Waals surface area (Å²) in [4.78, 5) is 11.0. The minimum absolute atomic E-state index is 0.0618. The fourth-order valence-corrected chi connectivity index (χ4v) is 2.40. The first-order chi connectivity index (χ1) is 10.1. The molecule has 21 heavy (non-hydrogen) atoms. The Balaban J connectivity index is 2.23. The smallest absolute Gasteiger partial charge is 0.277 e. The van der Waals surface area contributed by atoms with Gasteiger partial charge in [-0.2, -0.15) is 5.10 Å². The van der Waals surface area contributed by atoms with Crippen LogP contribution in [0.15, 0.2) is 58.5 Å². The number of rotatable bonds is 5. The summed E-state index contributed by atoms with van der Waals surface area (Å²) in [5, 5.41) is 15.2. The van der Waals surface area contributed by atoms with E-state index in [9.17, 15) is 10.1 Å². The zero-order valence-corrected chi connectivity index (χ0v) is 12.7. The largest absolute Gasteiger partial charge is 0.282 e. The number of hydrogen-bond acceptors (Lipinski definition) is 5. The number of para-hydroxylation sites is 1. The number of nitro benzene ring substituents is 1. The van der Waals surface area contributed by atoms with E-state index in [1.807, 2.05) is 30.3 Å². The van der Waals surface area contributed by atoms with Crippen LogP contribution in [-0.4, -0.2) is 16.3 Å². The molecular weight excluding hydrogens is 310 g/mol. The van der Waals surface area contributed by atoms with E-state index in [1.54, 1.807) is 18.4 Å². The lowest BCUT2D eigenvalue weighted by molar-refractivity contribution is -0.387. The van der Waals surface area contributed by atoms with Gasteiger partial charge in [-0.05, 0) is 30.5 Å². The molecule has 1 N–H and O–H groups in total. The van der Waals surface area contributed by atoms with Crippen molar-refractivity contribution in [1.82, 2.24) is 0 Å². The molecule has 0 saturated carbocycles. The van der Waals surface area contributed by atoms with Crippen LogP contribution in [0.2, 0.25) is 0 Å². The van der Waals surface area contributed by atoms with Crippen molar-refractivity contribution in [1.29, 1.82) is 0 Å². The first kappa shape index (κ1) is 15.3. The first-order valence-electron chi connectivity index (χ1n) is 5.99. The van der Waals surface area contributed by atoms with E-state index in [0.29, 0.717) is 10.5 Å². The third kappa shape index (κ3) is 3.96. The highest BCUT2D eigenvalue weighted by Crippen LogP contribution is 2.28. The van der Waals surface area contributed by atoms with Gasteiger partial charge in [0.15, 0.2) is 5.17 Å². The molecule has 0 spiro atoms. The number of anilines is 1. The van der Waals surface area contributed by atoms with Gasteiger partial charge in [0.25, 0.3) is 5.69 Å². The fraction of sp³-hybridized carbons (Fsp3) is 0.0714. The molecule has 2 aromatic rings. The Hall–Kier alpha value is -2.05. The average Bonchev–Trinajstić information content (AvgIpc) is 2.52. The number of hydrogen-bond donors (Lipinski definition) is 1. The summed E-state index contributed by atoms with van der Waals surface area (Å²) in [6.07, 6.45) is 1.78. The van der Waals surface area contributed by atoms with Crippen LogP contribution in [0.25, 0.3) is 0 Å². The summed E-state index contributed by atoms with van der Waals surface area (Å²) < 4.78 is 0. The van der Waals surface area contributed by atoms with E-state index >= 15 is 0 Å². The number of nitro groups is 1. The fourth-order valence-electron chi connectivity index (χ4n) is 1.65. The van der Waals surface area contributed by atoms with E-state index in [0.717, 1.165) is 5.69 Å². The quantitative estimate of drug-likeness (QED) is 0.385. The number of benzene rings is 2. The molecular formula is C14H12ClN3O2S. The van der Waals surface area contributed by atoms with Crippen LogP contribution in [0.3, 0.4) is 0 Å². The molecule has 108 valence electrons. The second-order valence-corrected chi connectivity index (χ2v) is 5.23. The van der Waals surface area contributed by atoms with E-state index < -0.39 is 4.92 Å². The van der Waals surface area contributed by atoms with Crippen LogP contribution in [0.5, 0.6) is 0 Å². The normalized spacial score (nSPS) is 11.2. The van der Waals surface area contributed by atoms with E-state index in [1.165, 1.54) is 17.8 Å². The Morgan fingerprint density at radius 1 is 1.29 bits per heavy atom. The van der Waals surface area contributed by atoms with Crippen molar-refractivity contribution in [2.24, 2.45) is 5.10 Å². The van der Waals surface area contributed by atoms with Crippen molar-refractivity contribution in [2.45, 2.75) is 4.90 Å². The molecule has 0 fully saturated rings. The van der Waals surface area contributed by atoms with Gasteiger partial charge < -0.3 is 0 Å². The Morgan fingerprint density at radius 2 is 2.00 bits per heavy atom. The number of nitrogens with one attached hydrogen (secondary N) is 1. The minimum Gasteiger partial charge on any atom is -0.277 e. The molecule has 0 unspecified atom stereocenters. The number of nitrogens with zero attached hydrogens (tertiary/aromatic N) is 2. The molecule has 0 radical (unpaired) electrons. The van der Waals surface area contributed by atoms with Gasteiger partial charge in [0.05, 0.1) is 15.5 Å². The minimum atomic E-state index is -0.414. The molecule has 0 heterocycles. The van der Waals surface area contributed by atoms with E-state index in [2.05, 4.69) is 10.5 Å². The number of hydrazone groups is 1. The molecule has 0 atom stereocenters. The van der Waals surface area contributed by atoms with Gasteiger partial charge in [0.2, 0.25) is 0 Å². The predicted octanol–water partition coefficient (Wildman–Crippen LogP) is 4.33. The zero-order valence-electron chi connectivity index (χ0n) is 11.1. The van der Waals surface area contributed by atoms with Gasteiger partial charge in [-0.1, -0.05) is 29.8 Å². The molecule has 2 aromatic carbocycles. The molecule has 0 aliphatic heterocycles. The first-order valence-corrected chi connectivity index (χ1v) is 7.59. The number of thioether (sulfide) groups is 1. The van der Waals surface area contributed by atoms with E-state index in [-0.39, 0.29) is 10.9 Å². The second kappa shape index (κ2) is 7.10. The highest BCUT2D eigenvalue weighted by atomic mass is 35.5. The summed E-state index contributed by atoms with van der Waals surface area (Å²) in [7, 11) is 0. The summed E-state index contributed by atoms with van der Waals surface area (Å²) in [5.41, 5.74) is 4.32. The molecule has 0 aliphatic rings. The van der Waals surface area contributed by atoms with Crippen molar-refractivity contribution < 1.29 is 4.92 Å². The lowest BCUT2D eigenvalue weighted by atomic mass is 10.2.